The summed E-state index contributed by atoms with van der Waals surface area (Å²) < 4.78 is 5.55. The predicted octanol–water partition coefficient (Wildman–Crippen LogP) is 1.08. The van der Waals surface area contributed by atoms with Gasteiger partial charge in [0, 0.05) is 25.9 Å². The lowest BCUT2D eigenvalue weighted by molar-refractivity contribution is -0.121. The molecule has 3 amide bonds. The molecule has 0 aromatic heterocycles. The Kier molecular flexibility index (Phi) is 11.8. The van der Waals surface area contributed by atoms with Gasteiger partial charge >= 0.3 is 0 Å². The third kappa shape index (κ3) is 12.2. The predicted molar refractivity (Wildman–Crippen MR) is 103 cm³/mol. The fourth-order valence-corrected chi connectivity index (χ4v) is 2.75. The van der Waals surface area contributed by atoms with Crippen LogP contribution in [0.5, 0.6) is 5.75 Å². The number of carbonyl (C=O) groups excluding carboxylic acids is 3. The summed E-state index contributed by atoms with van der Waals surface area (Å²) in [5, 5.41) is 5.47. The molecule has 0 aliphatic rings. The first-order valence-corrected chi connectivity index (χ1v) is 9.80. The lowest BCUT2D eigenvalue weighted by Gasteiger charge is -2.07. The number of rotatable bonds is 14. The van der Waals surface area contributed by atoms with E-state index >= 15 is 0 Å². The van der Waals surface area contributed by atoms with Gasteiger partial charge in [0.1, 0.15) is 5.75 Å². The molecule has 0 bridgehead atoms. The van der Waals surface area contributed by atoms with Gasteiger partial charge < -0.3 is 21.1 Å². The number of amides is 3. The Morgan fingerprint density at radius 1 is 0.962 bits per heavy atom. The fourth-order valence-electron chi connectivity index (χ4n) is 1.97. The second-order valence-electron chi connectivity index (χ2n) is 5.59. The van der Waals surface area contributed by atoms with E-state index in [0.29, 0.717) is 31.7 Å². The van der Waals surface area contributed by atoms with Gasteiger partial charge in [0.25, 0.3) is 0 Å². The molecule has 7 nitrogen and oxygen atoms in total. The van der Waals surface area contributed by atoms with E-state index in [-0.39, 0.29) is 24.8 Å². The van der Waals surface area contributed by atoms with Gasteiger partial charge in [-0.1, -0.05) is 18.2 Å². The Morgan fingerprint density at radius 2 is 1.69 bits per heavy atom. The van der Waals surface area contributed by atoms with Crippen molar-refractivity contribution in [3.05, 3.63) is 30.3 Å². The summed E-state index contributed by atoms with van der Waals surface area (Å²) in [5.74, 6) is 1.32. The normalized spacial score (nSPS) is 10.2. The zero-order valence-electron chi connectivity index (χ0n) is 14.9. The van der Waals surface area contributed by atoms with Gasteiger partial charge in [-0.25, -0.2) is 0 Å². The minimum Gasteiger partial charge on any atom is -0.494 e. The van der Waals surface area contributed by atoms with E-state index in [1.54, 1.807) is 0 Å². The third-order valence-electron chi connectivity index (χ3n) is 3.27. The van der Waals surface area contributed by atoms with Crippen molar-refractivity contribution >= 4 is 29.5 Å². The molecule has 26 heavy (non-hydrogen) atoms. The van der Waals surface area contributed by atoms with Crippen LogP contribution in [0.1, 0.15) is 25.7 Å². The van der Waals surface area contributed by atoms with Gasteiger partial charge in [-0.2, -0.15) is 11.8 Å². The molecule has 1 aromatic rings. The highest BCUT2D eigenvalue weighted by atomic mass is 32.2. The molecular weight excluding hydrogens is 354 g/mol. The summed E-state index contributed by atoms with van der Waals surface area (Å²) in [6.07, 6.45) is 2.05. The average Bonchev–Trinajstić information content (AvgIpc) is 2.61. The van der Waals surface area contributed by atoms with E-state index in [4.69, 9.17) is 10.5 Å². The molecule has 0 unspecified atom stereocenters. The topological polar surface area (TPSA) is 111 Å². The van der Waals surface area contributed by atoms with Crippen LogP contribution in [0.15, 0.2) is 30.3 Å². The Labute approximate surface area is 158 Å². The smallest absolute Gasteiger partial charge is 0.230 e. The third-order valence-corrected chi connectivity index (χ3v) is 4.32. The molecule has 0 spiro atoms. The average molecular weight is 381 g/mol. The first kappa shape index (κ1) is 21.8. The number of hydrogen-bond donors (Lipinski definition) is 3. The number of ether oxygens (including phenoxy) is 1. The maximum atomic E-state index is 11.7. The fraction of sp³-hybridized carbons (Fsp3) is 0.500. The highest BCUT2D eigenvalue weighted by Gasteiger charge is 2.04. The highest BCUT2D eigenvalue weighted by Crippen LogP contribution is 2.08. The molecule has 0 atom stereocenters. The van der Waals surface area contributed by atoms with E-state index in [1.165, 1.54) is 11.8 Å². The van der Waals surface area contributed by atoms with Crippen LogP contribution >= 0.6 is 11.8 Å². The maximum absolute atomic E-state index is 11.7. The van der Waals surface area contributed by atoms with Crippen molar-refractivity contribution in [1.82, 2.24) is 10.6 Å². The number of nitrogens with two attached hydrogens (primary N) is 1. The minimum atomic E-state index is -0.435. The van der Waals surface area contributed by atoms with Crippen molar-refractivity contribution in [2.75, 3.05) is 31.2 Å². The van der Waals surface area contributed by atoms with Crippen molar-refractivity contribution in [3.63, 3.8) is 0 Å². The number of hydrogen-bond acceptors (Lipinski definition) is 5. The van der Waals surface area contributed by atoms with Gasteiger partial charge in [0.05, 0.1) is 12.4 Å². The van der Waals surface area contributed by atoms with Crippen molar-refractivity contribution < 1.29 is 19.1 Å². The summed E-state index contributed by atoms with van der Waals surface area (Å²) in [6.45, 7) is 1.41. The van der Waals surface area contributed by atoms with Crippen molar-refractivity contribution in [2.45, 2.75) is 25.7 Å². The molecule has 1 rings (SSSR count). The SMILES string of the molecule is NC(=O)CCNC(=O)CSCCCC(=O)NCCCOc1ccccc1. The van der Waals surface area contributed by atoms with Gasteiger partial charge in [-0.05, 0) is 30.7 Å². The minimum absolute atomic E-state index is 0.0104. The molecule has 1 aromatic carbocycles. The van der Waals surface area contributed by atoms with Crippen LogP contribution < -0.4 is 21.1 Å². The molecule has 8 heteroatoms. The molecule has 0 saturated heterocycles. The van der Waals surface area contributed by atoms with Crippen LogP contribution in [-0.4, -0.2) is 48.9 Å². The van der Waals surface area contributed by atoms with E-state index in [0.717, 1.165) is 17.9 Å². The summed E-state index contributed by atoms with van der Waals surface area (Å²) in [6, 6.07) is 9.56. The van der Waals surface area contributed by atoms with Gasteiger partial charge in [0.2, 0.25) is 17.7 Å². The maximum Gasteiger partial charge on any atom is 0.230 e. The summed E-state index contributed by atoms with van der Waals surface area (Å²) in [4.78, 5) is 33.7. The molecule has 0 aliphatic carbocycles. The Bertz CT molecular complexity index is 555. The van der Waals surface area contributed by atoms with Crippen LogP contribution in [0, 0.1) is 0 Å². The van der Waals surface area contributed by atoms with Crippen molar-refractivity contribution in [1.29, 1.82) is 0 Å². The van der Waals surface area contributed by atoms with Crippen LogP contribution in [0.25, 0.3) is 0 Å². The van der Waals surface area contributed by atoms with E-state index < -0.39 is 5.91 Å². The molecule has 0 fully saturated rings. The largest absolute Gasteiger partial charge is 0.494 e. The standard InChI is InChI=1S/C18H27N3O4S/c19-16(22)9-11-21-18(24)14-26-13-4-8-17(23)20-10-5-12-25-15-6-2-1-3-7-15/h1-3,6-7H,4-5,8-14H2,(H2,19,22)(H,20,23)(H,21,24). The number of benzene rings is 1. The molecule has 4 N–H and O–H groups in total. The number of primary amides is 1. The van der Waals surface area contributed by atoms with Gasteiger partial charge in [0.15, 0.2) is 0 Å². The summed E-state index contributed by atoms with van der Waals surface area (Å²) in [5.41, 5.74) is 4.98. The van der Waals surface area contributed by atoms with E-state index in [2.05, 4.69) is 10.6 Å². The van der Waals surface area contributed by atoms with Gasteiger partial charge in [-0.15, -0.1) is 0 Å². The van der Waals surface area contributed by atoms with Gasteiger partial charge in [-0.3, -0.25) is 14.4 Å². The lowest BCUT2D eigenvalue weighted by Crippen LogP contribution is -2.29. The van der Waals surface area contributed by atoms with E-state index in [9.17, 15) is 14.4 Å². The van der Waals surface area contributed by atoms with Crippen LogP contribution in [0.3, 0.4) is 0 Å². The van der Waals surface area contributed by atoms with E-state index in [1.807, 2.05) is 30.3 Å². The highest BCUT2D eigenvalue weighted by molar-refractivity contribution is 7.99. The number of carbonyl (C=O) groups is 3. The second kappa shape index (κ2) is 14.0. The molecule has 0 radical (unpaired) electrons. The molecule has 0 saturated carbocycles. The molecular formula is C18H27N3O4S. The van der Waals surface area contributed by atoms with Crippen molar-refractivity contribution in [3.8, 4) is 5.75 Å². The number of para-hydroxylation sites is 1. The van der Waals surface area contributed by atoms with Crippen LogP contribution in [0.4, 0.5) is 0 Å². The quantitative estimate of drug-likeness (QED) is 0.418. The second-order valence-corrected chi connectivity index (χ2v) is 6.69. The Morgan fingerprint density at radius 3 is 2.42 bits per heavy atom. The summed E-state index contributed by atoms with van der Waals surface area (Å²) in [7, 11) is 0. The first-order chi connectivity index (χ1) is 12.6. The number of thioether (sulfide) groups is 1. The Balaban J connectivity index is 1.90. The van der Waals surface area contributed by atoms with Crippen LogP contribution in [-0.2, 0) is 14.4 Å². The first-order valence-electron chi connectivity index (χ1n) is 8.65. The monoisotopic (exact) mass is 381 g/mol. The van der Waals surface area contributed by atoms with Crippen molar-refractivity contribution in [2.24, 2.45) is 5.73 Å². The zero-order chi connectivity index (χ0) is 19.0. The lowest BCUT2D eigenvalue weighted by atomic mass is 10.3. The Hall–Kier alpha value is -2.22. The summed E-state index contributed by atoms with van der Waals surface area (Å²) >= 11 is 1.46. The zero-order valence-corrected chi connectivity index (χ0v) is 15.7. The van der Waals surface area contributed by atoms with Crippen LogP contribution in [0.2, 0.25) is 0 Å². The molecule has 144 valence electrons. The molecule has 0 aliphatic heterocycles. The molecule has 0 heterocycles. The number of nitrogens with one attached hydrogen (secondary N) is 2.